The molecule has 7 nitrogen and oxygen atoms in total. The van der Waals surface area contributed by atoms with Gasteiger partial charge < -0.3 is 19.9 Å². The molecule has 24 heavy (non-hydrogen) atoms. The van der Waals surface area contributed by atoms with Crippen molar-refractivity contribution >= 4 is 17.8 Å². The molecule has 0 aliphatic heterocycles. The Bertz CT molecular complexity index is 416. The van der Waals surface area contributed by atoms with Crippen LogP contribution in [-0.4, -0.2) is 48.8 Å². The second-order valence-electron chi connectivity index (χ2n) is 6.90. The lowest BCUT2D eigenvalue weighted by Gasteiger charge is -2.19. The van der Waals surface area contributed by atoms with Crippen molar-refractivity contribution in [3.63, 3.8) is 0 Å². The van der Waals surface area contributed by atoms with Crippen molar-refractivity contribution in [2.24, 2.45) is 11.8 Å². The average molecular weight is 345 g/mol. The van der Waals surface area contributed by atoms with Crippen LogP contribution < -0.4 is 5.32 Å². The lowest BCUT2D eigenvalue weighted by Crippen LogP contribution is -2.33. The maximum Gasteiger partial charge on any atom is 0.407 e. The SMILES string of the molecule is COC(=O)C(CO)CC(=O)C(C)CCCCNC(=O)OC(C)(C)C. The van der Waals surface area contributed by atoms with Crippen molar-refractivity contribution in [2.75, 3.05) is 20.3 Å². The molecule has 2 atom stereocenters. The number of nitrogens with one attached hydrogen (secondary N) is 1. The highest BCUT2D eigenvalue weighted by Gasteiger charge is 2.24. The number of carbonyl (C=O) groups is 3. The molecule has 0 aliphatic carbocycles. The van der Waals surface area contributed by atoms with Gasteiger partial charge in [-0.15, -0.1) is 0 Å². The van der Waals surface area contributed by atoms with Crippen LogP contribution in [0.25, 0.3) is 0 Å². The third-order valence-electron chi connectivity index (χ3n) is 3.48. The maximum absolute atomic E-state index is 12.1. The highest BCUT2D eigenvalue weighted by Crippen LogP contribution is 2.15. The first-order valence-corrected chi connectivity index (χ1v) is 8.29. The summed E-state index contributed by atoms with van der Waals surface area (Å²) in [5, 5.41) is 11.8. The monoisotopic (exact) mass is 345 g/mol. The summed E-state index contributed by atoms with van der Waals surface area (Å²) in [6, 6.07) is 0. The number of esters is 1. The number of ether oxygens (including phenoxy) is 2. The van der Waals surface area contributed by atoms with Crippen LogP contribution in [0.1, 0.15) is 53.4 Å². The van der Waals surface area contributed by atoms with Crippen molar-refractivity contribution in [3.8, 4) is 0 Å². The standard InChI is InChI=1S/C17H31NO6/c1-12(14(20)10-13(11-19)15(21)23-5)8-6-7-9-18-16(22)24-17(2,3)4/h12-13,19H,6-11H2,1-5H3,(H,18,22). The van der Waals surface area contributed by atoms with Gasteiger partial charge in [0.25, 0.3) is 0 Å². The zero-order valence-corrected chi connectivity index (χ0v) is 15.4. The Labute approximate surface area is 144 Å². The summed E-state index contributed by atoms with van der Waals surface area (Å²) in [6.45, 7) is 7.28. The predicted octanol–water partition coefficient (Wildman–Crippen LogP) is 2.06. The number of Topliss-reactive ketones (excluding diaryl/α,β-unsaturated/α-hetero) is 1. The van der Waals surface area contributed by atoms with Gasteiger partial charge in [0.2, 0.25) is 0 Å². The van der Waals surface area contributed by atoms with Gasteiger partial charge in [-0.3, -0.25) is 9.59 Å². The number of methoxy groups -OCH3 is 1. The Morgan fingerprint density at radius 1 is 1.17 bits per heavy atom. The van der Waals surface area contributed by atoms with Crippen molar-refractivity contribution in [1.29, 1.82) is 0 Å². The molecule has 0 aliphatic rings. The second-order valence-corrected chi connectivity index (χ2v) is 6.90. The van der Waals surface area contributed by atoms with Crippen LogP contribution in [0.15, 0.2) is 0 Å². The average Bonchev–Trinajstić information content (AvgIpc) is 2.49. The van der Waals surface area contributed by atoms with Crippen LogP contribution in [0.2, 0.25) is 0 Å². The summed E-state index contributed by atoms with van der Waals surface area (Å²) >= 11 is 0. The Kier molecular flexibility index (Phi) is 10.3. The van der Waals surface area contributed by atoms with Gasteiger partial charge in [0.15, 0.2) is 0 Å². The van der Waals surface area contributed by atoms with E-state index in [1.807, 2.05) is 0 Å². The molecule has 0 aromatic heterocycles. The molecule has 0 aromatic rings. The minimum absolute atomic E-state index is 0.0134. The molecular weight excluding hydrogens is 314 g/mol. The van der Waals surface area contributed by atoms with Crippen LogP contribution in [0.3, 0.4) is 0 Å². The van der Waals surface area contributed by atoms with Gasteiger partial charge in [0.1, 0.15) is 11.4 Å². The molecule has 1 amide bonds. The van der Waals surface area contributed by atoms with E-state index in [1.165, 1.54) is 7.11 Å². The van der Waals surface area contributed by atoms with Gasteiger partial charge in [0.05, 0.1) is 19.6 Å². The quantitative estimate of drug-likeness (QED) is 0.464. The Morgan fingerprint density at radius 2 is 1.79 bits per heavy atom. The van der Waals surface area contributed by atoms with E-state index in [1.54, 1.807) is 27.7 Å². The first-order chi connectivity index (χ1) is 11.1. The number of unbranched alkanes of at least 4 members (excludes halogenated alkanes) is 1. The van der Waals surface area contributed by atoms with E-state index in [2.05, 4.69) is 10.1 Å². The minimum Gasteiger partial charge on any atom is -0.469 e. The lowest BCUT2D eigenvalue weighted by atomic mass is 9.92. The van der Waals surface area contributed by atoms with Crippen molar-refractivity contribution < 1.29 is 29.0 Å². The van der Waals surface area contributed by atoms with E-state index in [0.29, 0.717) is 13.0 Å². The third kappa shape index (κ3) is 10.2. The number of hydrogen-bond donors (Lipinski definition) is 2. The molecule has 0 rings (SSSR count). The van der Waals surface area contributed by atoms with E-state index in [4.69, 9.17) is 9.84 Å². The highest BCUT2D eigenvalue weighted by atomic mass is 16.6. The van der Waals surface area contributed by atoms with Crippen LogP contribution in [0.5, 0.6) is 0 Å². The molecule has 0 bridgehead atoms. The second kappa shape index (κ2) is 11.0. The minimum atomic E-state index is -0.793. The van der Waals surface area contributed by atoms with Gasteiger partial charge in [-0.25, -0.2) is 4.79 Å². The van der Waals surface area contributed by atoms with E-state index in [9.17, 15) is 14.4 Å². The number of alkyl carbamates (subject to hydrolysis) is 1. The maximum atomic E-state index is 12.1. The fourth-order valence-corrected chi connectivity index (χ4v) is 2.07. The van der Waals surface area contributed by atoms with E-state index in [-0.39, 0.29) is 18.1 Å². The first kappa shape index (κ1) is 22.4. The molecule has 2 N–H and O–H groups in total. The molecule has 0 saturated heterocycles. The summed E-state index contributed by atoms with van der Waals surface area (Å²) < 4.78 is 9.67. The normalized spacial score (nSPS) is 13.8. The lowest BCUT2D eigenvalue weighted by molar-refractivity contribution is -0.149. The van der Waals surface area contributed by atoms with Gasteiger partial charge >= 0.3 is 12.1 Å². The molecule has 140 valence electrons. The molecule has 0 radical (unpaired) electrons. The van der Waals surface area contributed by atoms with Crippen LogP contribution in [-0.2, 0) is 19.1 Å². The predicted molar refractivity (Wildman–Crippen MR) is 89.5 cm³/mol. The largest absolute Gasteiger partial charge is 0.469 e. The highest BCUT2D eigenvalue weighted by molar-refractivity contribution is 5.85. The number of amides is 1. The molecule has 2 unspecified atom stereocenters. The van der Waals surface area contributed by atoms with Crippen molar-refractivity contribution in [2.45, 2.75) is 59.0 Å². The summed E-state index contributed by atoms with van der Waals surface area (Å²) in [4.78, 5) is 34.9. The summed E-state index contributed by atoms with van der Waals surface area (Å²) in [7, 11) is 1.23. The van der Waals surface area contributed by atoms with Crippen LogP contribution in [0, 0.1) is 11.8 Å². The van der Waals surface area contributed by atoms with Gasteiger partial charge in [0, 0.05) is 18.9 Å². The van der Waals surface area contributed by atoms with E-state index < -0.39 is 30.2 Å². The van der Waals surface area contributed by atoms with Gasteiger partial charge in [-0.2, -0.15) is 0 Å². The summed E-state index contributed by atoms with van der Waals surface area (Å²) in [6.07, 6.45) is 1.70. The summed E-state index contributed by atoms with van der Waals surface area (Å²) in [5.74, 6) is -1.64. The number of hydrogen-bond acceptors (Lipinski definition) is 6. The number of ketones is 1. The Hall–Kier alpha value is -1.63. The number of aliphatic hydroxyl groups is 1. The molecule has 0 heterocycles. The Morgan fingerprint density at radius 3 is 2.29 bits per heavy atom. The Balaban J connectivity index is 3.97. The van der Waals surface area contributed by atoms with Crippen molar-refractivity contribution in [3.05, 3.63) is 0 Å². The molecule has 0 aromatic carbocycles. The van der Waals surface area contributed by atoms with Crippen molar-refractivity contribution in [1.82, 2.24) is 5.32 Å². The van der Waals surface area contributed by atoms with Gasteiger partial charge in [-0.05, 0) is 33.6 Å². The van der Waals surface area contributed by atoms with E-state index >= 15 is 0 Å². The molecular formula is C17H31NO6. The van der Waals surface area contributed by atoms with Gasteiger partial charge in [-0.1, -0.05) is 13.3 Å². The first-order valence-electron chi connectivity index (χ1n) is 8.29. The molecule has 0 saturated carbocycles. The smallest absolute Gasteiger partial charge is 0.407 e. The number of carbonyl (C=O) groups excluding carboxylic acids is 3. The molecule has 7 heteroatoms. The third-order valence-corrected chi connectivity index (χ3v) is 3.48. The number of aliphatic hydroxyl groups excluding tert-OH is 1. The zero-order chi connectivity index (χ0) is 18.8. The fourth-order valence-electron chi connectivity index (χ4n) is 2.07. The fraction of sp³-hybridized carbons (Fsp3) is 0.824. The van der Waals surface area contributed by atoms with Crippen LogP contribution in [0.4, 0.5) is 4.79 Å². The molecule has 0 fully saturated rings. The zero-order valence-electron chi connectivity index (χ0n) is 15.4. The van der Waals surface area contributed by atoms with E-state index in [0.717, 1.165) is 12.8 Å². The molecule has 0 spiro atoms. The topological polar surface area (TPSA) is 102 Å². The van der Waals surface area contributed by atoms with Crippen LogP contribution >= 0.6 is 0 Å². The number of rotatable bonds is 10. The summed E-state index contributed by atoms with van der Waals surface area (Å²) in [5.41, 5.74) is -0.520.